The molecule has 2 unspecified atom stereocenters. The molecule has 2 atom stereocenters. The van der Waals surface area contributed by atoms with Gasteiger partial charge in [-0.15, -0.1) is 0 Å². The number of ketones is 1. The lowest BCUT2D eigenvalue weighted by Gasteiger charge is -2.37. The van der Waals surface area contributed by atoms with E-state index in [4.69, 9.17) is 33.0 Å². The van der Waals surface area contributed by atoms with Gasteiger partial charge in [0.2, 0.25) is 5.78 Å². The second-order valence-corrected chi connectivity index (χ2v) is 9.56. The predicted molar refractivity (Wildman–Crippen MR) is 136 cm³/mol. The summed E-state index contributed by atoms with van der Waals surface area (Å²) in [7, 11) is 0. The Bertz CT molecular complexity index is 1480. The van der Waals surface area contributed by atoms with Crippen LogP contribution < -0.4 is 4.74 Å². The van der Waals surface area contributed by atoms with Gasteiger partial charge in [0.15, 0.2) is 0 Å². The van der Waals surface area contributed by atoms with Crippen molar-refractivity contribution in [2.24, 2.45) is 5.10 Å². The van der Waals surface area contributed by atoms with Gasteiger partial charge in [-0.05, 0) is 41.5 Å². The molecule has 0 N–H and O–H groups in total. The molecule has 4 aromatic carbocycles. The Morgan fingerprint density at radius 3 is 2.53 bits per heavy atom. The van der Waals surface area contributed by atoms with Crippen molar-refractivity contribution in [3.05, 3.63) is 111 Å². The van der Waals surface area contributed by atoms with Crippen LogP contribution in [0.2, 0.25) is 10.0 Å². The molecule has 4 aromatic rings. The number of benzene rings is 4. The Labute approximate surface area is 207 Å². The van der Waals surface area contributed by atoms with Crippen molar-refractivity contribution in [3.63, 3.8) is 0 Å². The lowest BCUT2D eigenvalue weighted by atomic mass is 9.95. The van der Waals surface area contributed by atoms with Crippen LogP contribution in [0.25, 0.3) is 10.8 Å². The summed E-state index contributed by atoms with van der Waals surface area (Å²) in [6.07, 6.45) is -0.305. The fraction of sp³-hybridized carbons (Fsp3) is 0.143. The van der Waals surface area contributed by atoms with Crippen LogP contribution in [0, 0.1) is 6.92 Å². The quantitative estimate of drug-likeness (QED) is 0.287. The number of Topliss-reactive ketones (excluding diaryl/α,β-unsaturated/α-hetero) is 1. The van der Waals surface area contributed by atoms with Gasteiger partial charge >= 0.3 is 0 Å². The van der Waals surface area contributed by atoms with Gasteiger partial charge in [-0.25, -0.2) is 5.01 Å². The maximum Gasteiger partial charge on any atom is 0.251 e. The van der Waals surface area contributed by atoms with Crippen molar-refractivity contribution >= 4 is 45.5 Å². The zero-order valence-corrected chi connectivity index (χ0v) is 19.8. The van der Waals surface area contributed by atoms with Gasteiger partial charge in [-0.3, -0.25) is 4.79 Å². The minimum atomic E-state index is -0.920. The first-order valence-corrected chi connectivity index (χ1v) is 11.8. The van der Waals surface area contributed by atoms with Crippen LogP contribution >= 0.6 is 23.2 Å². The molecule has 2 heterocycles. The van der Waals surface area contributed by atoms with E-state index in [2.05, 4.69) is 30.3 Å². The smallest absolute Gasteiger partial charge is 0.251 e. The molecule has 168 valence electrons. The van der Waals surface area contributed by atoms with E-state index in [1.165, 1.54) is 5.39 Å². The number of hydrogen-bond donors (Lipinski definition) is 0. The van der Waals surface area contributed by atoms with Gasteiger partial charge in [0.1, 0.15) is 5.75 Å². The molecule has 0 bridgehead atoms. The highest BCUT2D eigenvalue weighted by Crippen LogP contribution is 2.47. The van der Waals surface area contributed by atoms with Crippen molar-refractivity contribution in [2.45, 2.75) is 25.6 Å². The van der Waals surface area contributed by atoms with Gasteiger partial charge in [0, 0.05) is 22.6 Å². The van der Waals surface area contributed by atoms with Gasteiger partial charge in [-0.1, -0.05) is 89.4 Å². The molecule has 4 nitrogen and oxygen atoms in total. The molecule has 0 aromatic heterocycles. The van der Waals surface area contributed by atoms with Crippen molar-refractivity contribution in [1.82, 2.24) is 5.01 Å². The number of carbonyl (C=O) groups excluding carboxylic acids is 1. The first-order chi connectivity index (χ1) is 16.5. The molecule has 2 aliphatic rings. The first kappa shape index (κ1) is 21.2. The van der Waals surface area contributed by atoms with Crippen LogP contribution in [-0.4, -0.2) is 22.7 Å². The van der Waals surface area contributed by atoms with Gasteiger partial charge < -0.3 is 4.74 Å². The molecule has 0 saturated carbocycles. The number of hydrogen-bond acceptors (Lipinski definition) is 4. The molecule has 0 saturated heterocycles. The molecule has 0 spiro atoms. The Balaban J connectivity index is 1.45. The number of hydrazone groups is 1. The fourth-order valence-electron chi connectivity index (χ4n) is 4.69. The van der Waals surface area contributed by atoms with Crippen molar-refractivity contribution < 1.29 is 9.53 Å². The van der Waals surface area contributed by atoms with E-state index < -0.39 is 6.23 Å². The van der Waals surface area contributed by atoms with Crippen molar-refractivity contribution in [3.8, 4) is 5.75 Å². The van der Waals surface area contributed by atoms with Crippen LogP contribution in [0.1, 0.15) is 39.5 Å². The zero-order chi connectivity index (χ0) is 23.4. The number of nitrogens with zero attached hydrogens (tertiary/aromatic N) is 2. The highest BCUT2D eigenvalue weighted by atomic mass is 35.5. The van der Waals surface area contributed by atoms with Crippen LogP contribution in [-0.2, 0) is 0 Å². The number of fused-ring (bicyclic) bond motifs is 4. The molecule has 6 heteroatoms. The average molecular weight is 487 g/mol. The summed E-state index contributed by atoms with van der Waals surface area (Å²) in [5.74, 6) is 0.331. The summed E-state index contributed by atoms with van der Waals surface area (Å²) in [5, 5.41) is 9.90. The highest BCUT2D eigenvalue weighted by Gasteiger charge is 2.44. The molecular weight excluding hydrogens is 467 g/mol. The van der Waals surface area contributed by atoms with Crippen LogP contribution in [0.5, 0.6) is 5.75 Å². The standard InChI is InChI=1S/C28H20Cl2N2O2/c1-16-6-8-18(9-7-16)26(33)28-32-25(22-13-21(29)14-23(30)27(22)34-28)15-24(31-32)20-11-10-17-4-2-3-5-19(17)12-20/h2-14,25,28H,15H2,1H3. The summed E-state index contributed by atoms with van der Waals surface area (Å²) < 4.78 is 6.21. The normalized spacial score (nSPS) is 18.8. The second kappa shape index (κ2) is 8.15. The molecular formula is C28H20Cl2N2O2. The Kier molecular flexibility index (Phi) is 5.09. The summed E-state index contributed by atoms with van der Waals surface area (Å²) >= 11 is 12.9. The fourth-order valence-corrected chi connectivity index (χ4v) is 5.24. The Hall–Kier alpha value is -3.34. The van der Waals surface area contributed by atoms with E-state index in [0.717, 1.165) is 27.8 Å². The first-order valence-electron chi connectivity index (χ1n) is 11.1. The topological polar surface area (TPSA) is 41.9 Å². The zero-order valence-electron chi connectivity index (χ0n) is 18.3. The maximum atomic E-state index is 13.6. The third-order valence-electron chi connectivity index (χ3n) is 6.45. The van der Waals surface area contributed by atoms with Crippen LogP contribution in [0.4, 0.5) is 0 Å². The van der Waals surface area contributed by atoms with Crippen molar-refractivity contribution in [1.29, 1.82) is 0 Å². The molecule has 34 heavy (non-hydrogen) atoms. The third-order valence-corrected chi connectivity index (χ3v) is 6.95. The Morgan fingerprint density at radius 2 is 1.74 bits per heavy atom. The number of aryl methyl sites for hydroxylation is 1. The molecule has 0 radical (unpaired) electrons. The Morgan fingerprint density at radius 1 is 0.971 bits per heavy atom. The van der Waals surface area contributed by atoms with Gasteiger partial charge in [0.25, 0.3) is 6.23 Å². The van der Waals surface area contributed by atoms with E-state index in [1.54, 1.807) is 11.1 Å². The highest BCUT2D eigenvalue weighted by molar-refractivity contribution is 6.35. The van der Waals surface area contributed by atoms with Crippen molar-refractivity contribution in [2.75, 3.05) is 0 Å². The lowest BCUT2D eigenvalue weighted by Crippen LogP contribution is -2.46. The summed E-state index contributed by atoms with van der Waals surface area (Å²) in [6, 6.07) is 25.3. The second-order valence-electron chi connectivity index (χ2n) is 8.72. The summed E-state index contributed by atoms with van der Waals surface area (Å²) in [4.78, 5) is 13.6. The molecule has 0 amide bonds. The van der Waals surface area contributed by atoms with E-state index in [1.807, 2.05) is 49.4 Å². The van der Waals surface area contributed by atoms with Gasteiger partial charge in [-0.2, -0.15) is 5.10 Å². The monoisotopic (exact) mass is 486 g/mol. The molecule has 0 aliphatic carbocycles. The van der Waals surface area contributed by atoms with Crippen LogP contribution in [0.15, 0.2) is 84.0 Å². The number of ether oxygens (including phenoxy) is 1. The minimum absolute atomic E-state index is 0.162. The largest absolute Gasteiger partial charge is 0.459 e. The predicted octanol–water partition coefficient (Wildman–Crippen LogP) is 7.21. The lowest BCUT2D eigenvalue weighted by molar-refractivity contribution is -0.00447. The number of carbonyl (C=O) groups is 1. The number of rotatable bonds is 3. The molecule has 0 fully saturated rings. The van der Waals surface area contributed by atoms with E-state index >= 15 is 0 Å². The summed E-state index contributed by atoms with van der Waals surface area (Å²) in [5.41, 5.74) is 4.40. The van der Waals surface area contributed by atoms with Crippen LogP contribution in [0.3, 0.4) is 0 Å². The van der Waals surface area contributed by atoms with E-state index in [0.29, 0.717) is 27.8 Å². The van der Waals surface area contributed by atoms with E-state index in [9.17, 15) is 4.79 Å². The van der Waals surface area contributed by atoms with E-state index in [-0.39, 0.29) is 11.8 Å². The third kappa shape index (κ3) is 3.54. The van der Waals surface area contributed by atoms with Gasteiger partial charge in [0.05, 0.1) is 16.8 Å². The SMILES string of the molecule is Cc1ccc(C(=O)C2Oc3c(Cl)cc(Cl)cc3C3CC(c4ccc5ccccc5c4)=NN23)cc1. The number of halogens is 2. The molecule has 2 aliphatic heterocycles. The average Bonchev–Trinajstić information content (AvgIpc) is 3.29. The molecule has 6 rings (SSSR count). The maximum absolute atomic E-state index is 13.6. The minimum Gasteiger partial charge on any atom is -0.459 e. The summed E-state index contributed by atoms with van der Waals surface area (Å²) in [6.45, 7) is 1.99.